The smallest absolute Gasteiger partial charge is 0.191 e. The van der Waals surface area contributed by atoms with Crippen LogP contribution in [0.3, 0.4) is 0 Å². The van der Waals surface area contributed by atoms with Crippen molar-refractivity contribution in [1.29, 1.82) is 0 Å². The molecule has 1 atom stereocenters. The minimum atomic E-state index is 0. The van der Waals surface area contributed by atoms with Gasteiger partial charge in [0.05, 0.1) is 13.7 Å². The van der Waals surface area contributed by atoms with Crippen molar-refractivity contribution in [3.05, 3.63) is 35.9 Å². The molecule has 1 saturated heterocycles. The lowest BCUT2D eigenvalue weighted by Crippen LogP contribution is -2.44. The van der Waals surface area contributed by atoms with E-state index in [4.69, 9.17) is 4.74 Å². The van der Waals surface area contributed by atoms with E-state index in [1.165, 1.54) is 18.5 Å². The van der Waals surface area contributed by atoms with Gasteiger partial charge in [-0.25, -0.2) is 0 Å². The van der Waals surface area contributed by atoms with Crippen LogP contribution in [0.1, 0.15) is 30.9 Å². The molecule has 2 aliphatic rings. The van der Waals surface area contributed by atoms with Gasteiger partial charge < -0.3 is 24.8 Å². The normalized spacial score (nSPS) is 18.8. The van der Waals surface area contributed by atoms with Gasteiger partial charge in [-0.2, -0.15) is 0 Å². The van der Waals surface area contributed by atoms with Gasteiger partial charge in [0.15, 0.2) is 11.8 Å². The van der Waals surface area contributed by atoms with Crippen LogP contribution in [0.5, 0.6) is 5.75 Å². The minimum Gasteiger partial charge on any atom is -0.497 e. The standard InChI is InChI=1S/C20H29N7O.HI/c1-21-20(22-13-19-25-24-18-8-3-4-10-27(18)19)23-15-9-11-26(14-15)16-6-5-7-17(12-16)28-2;/h5-7,12,15H,3-4,8-11,13-14H2,1-2H3,(H2,21,22,23);1H. The van der Waals surface area contributed by atoms with Gasteiger partial charge in [0, 0.05) is 50.9 Å². The van der Waals surface area contributed by atoms with E-state index in [-0.39, 0.29) is 24.0 Å². The summed E-state index contributed by atoms with van der Waals surface area (Å²) in [5.74, 6) is 3.80. The molecule has 0 amide bonds. The van der Waals surface area contributed by atoms with E-state index in [2.05, 4.69) is 47.4 Å². The van der Waals surface area contributed by atoms with E-state index in [9.17, 15) is 0 Å². The number of halogens is 1. The number of methoxy groups -OCH3 is 1. The van der Waals surface area contributed by atoms with Crippen molar-refractivity contribution >= 4 is 35.6 Å². The summed E-state index contributed by atoms with van der Waals surface area (Å²) < 4.78 is 7.59. The third kappa shape index (κ3) is 5.12. The molecule has 29 heavy (non-hydrogen) atoms. The molecule has 0 aliphatic carbocycles. The molecule has 2 aromatic rings. The Morgan fingerprint density at radius 3 is 3.00 bits per heavy atom. The van der Waals surface area contributed by atoms with E-state index in [0.717, 1.165) is 55.8 Å². The fourth-order valence-electron chi connectivity index (χ4n) is 3.97. The van der Waals surface area contributed by atoms with Gasteiger partial charge in [-0.05, 0) is 31.4 Å². The highest BCUT2D eigenvalue weighted by Gasteiger charge is 2.24. The number of ether oxygens (including phenoxy) is 1. The van der Waals surface area contributed by atoms with Crippen LogP contribution in [0.25, 0.3) is 0 Å². The number of aliphatic imine (C=N–C) groups is 1. The van der Waals surface area contributed by atoms with Crippen LogP contribution in [-0.4, -0.2) is 54.0 Å². The molecule has 4 rings (SSSR count). The molecule has 8 nitrogen and oxygen atoms in total. The molecule has 0 saturated carbocycles. The molecule has 2 aliphatic heterocycles. The number of hydrogen-bond donors (Lipinski definition) is 2. The van der Waals surface area contributed by atoms with Crippen LogP contribution in [0.2, 0.25) is 0 Å². The Kier molecular flexibility index (Phi) is 7.57. The zero-order chi connectivity index (χ0) is 19.3. The van der Waals surface area contributed by atoms with Gasteiger partial charge >= 0.3 is 0 Å². The van der Waals surface area contributed by atoms with Crippen LogP contribution in [-0.2, 0) is 19.5 Å². The maximum atomic E-state index is 5.35. The summed E-state index contributed by atoms with van der Waals surface area (Å²) in [6.45, 7) is 3.61. The van der Waals surface area contributed by atoms with E-state index in [1.807, 2.05) is 19.2 Å². The number of aryl methyl sites for hydroxylation is 1. The summed E-state index contributed by atoms with van der Waals surface area (Å²) in [5, 5.41) is 15.6. The van der Waals surface area contributed by atoms with Crippen molar-refractivity contribution in [2.75, 3.05) is 32.1 Å². The summed E-state index contributed by atoms with van der Waals surface area (Å²) in [4.78, 5) is 6.76. The number of fused-ring (bicyclic) bond motifs is 1. The van der Waals surface area contributed by atoms with Crippen LogP contribution < -0.4 is 20.3 Å². The average Bonchev–Trinajstić information content (AvgIpc) is 3.38. The quantitative estimate of drug-likeness (QED) is 0.364. The maximum absolute atomic E-state index is 5.35. The van der Waals surface area contributed by atoms with Crippen LogP contribution in [0.15, 0.2) is 29.3 Å². The Hall–Kier alpha value is -2.04. The molecule has 0 spiro atoms. The molecule has 1 aromatic heterocycles. The molecular formula is C20H30IN7O. The van der Waals surface area contributed by atoms with Gasteiger partial charge in [0.2, 0.25) is 0 Å². The van der Waals surface area contributed by atoms with Crippen molar-refractivity contribution in [3.8, 4) is 5.75 Å². The van der Waals surface area contributed by atoms with Gasteiger partial charge in [-0.15, -0.1) is 34.2 Å². The van der Waals surface area contributed by atoms with Crippen molar-refractivity contribution in [1.82, 2.24) is 25.4 Å². The Balaban J connectivity index is 0.00000240. The Bertz CT molecular complexity index is 838. The third-order valence-corrected chi connectivity index (χ3v) is 5.52. The molecular weight excluding hydrogens is 481 g/mol. The summed E-state index contributed by atoms with van der Waals surface area (Å²) in [6, 6.07) is 8.58. The second kappa shape index (κ2) is 10.1. The summed E-state index contributed by atoms with van der Waals surface area (Å²) in [6.07, 6.45) is 4.51. The monoisotopic (exact) mass is 511 g/mol. The SMILES string of the molecule is CN=C(NCc1nnc2n1CCCC2)NC1CCN(c2cccc(OC)c2)C1.I. The predicted molar refractivity (Wildman–Crippen MR) is 125 cm³/mol. The first-order valence-corrected chi connectivity index (χ1v) is 10.0. The number of aromatic nitrogens is 3. The highest BCUT2D eigenvalue weighted by atomic mass is 127. The second-order valence-electron chi connectivity index (χ2n) is 7.34. The van der Waals surface area contributed by atoms with Gasteiger partial charge in [-0.3, -0.25) is 4.99 Å². The first-order chi connectivity index (χ1) is 13.8. The van der Waals surface area contributed by atoms with Gasteiger partial charge in [0.25, 0.3) is 0 Å². The topological polar surface area (TPSA) is 79.6 Å². The van der Waals surface area contributed by atoms with Gasteiger partial charge in [-0.1, -0.05) is 6.07 Å². The third-order valence-electron chi connectivity index (χ3n) is 5.52. The molecule has 158 valence electrons. The predicted octanol–water partition coefficient (Wildman–Crippen LogP) is 2.18. The molecule has 1 unspecified atom stereocenters. The fraction of sp³-hybridized carbons (Fsp3) is 0.550. The van der Waals surface area contributed by atoms with Crippen molar-refractivity contribution < 1.29 is 4.74 Å². The minimum absolute atomic E-state index is 0. The number of benzene rings is 1. The highest BCUT2D eigenvalue weighted by Crippen LogP contribution is 2.24. The number of rotatable bonds is 5. The highest BCUT2D eigenvalue weighted by molar-refractivity contribution is 14.0. The Labute approximate surface area is 189 Å². The Morgan fingerprint density at radius 2 is 2.17 bits per heavy atom. The average molecular weight is 511 g/mol. The molecule has 3 heterocycles. The largest absolute Gasteiger partial charge is 0.497 e. The Morgan fingerprint density at radius 1 is 1.28 bits per heavy atom. The first-order valence-electron chi connectivity index (χ1n) is 10.0. The second-order valence-corrected chi connectivity index (χ2v) is 7.34. The number of guanidine groups is 1. The molecule has 1 aromatic carbocycles. The number of anilines is 1. The lowest BCUT2D eigenvalue weighted by Gasteiger charge is -2.21. The summed E-state index contributed by atoms with van der Waals surface area (Å²) in [7, 11) is 3.51. The van der Waals surface area contributed by atoms with E-state index >= 15 is 0 Å². The fourth-order valence-corrected chi connectivity index (χ4v) is 3.97. The van der Waals surface area contributed by atoms with Crippen LogP contribution in [0, 0.1) is 0 Å². The molecule has 2 N–H and O–H groups in total. The van der Waals surface area contributed by atoms with Crippen molar-refractivity contribution in [3.63, 3.8) is 0 Å². The zero-order valence-electron chi connectivity index (χ0n) is 17.1. The molecule has 1 fully saturated rings. The summed E-state index contributed by atoms with van der Waals surface area (Å²) >= 11 is 0. The summed E-state index contributed by atoms with van der Waals surface area (Å²) in [5.41, 5.74) is 1.20. The lowest BCUT2D eigenvalue weighted by atomic mass is 10.2. The number of nitrogens with zero attached hydrogens (tertiary/aromatic N) is 5. The molecule has 9 heteroatoms. The van der Waals surface area contributed by atoms with Crippen LogP contribution >= 0.6 is 24.0 Å². The van der Waals surface area contributed by atoms with Gasteiger partial charge in [0.1, 0.15) is 11.6 Å². The van der Waals surface area contributed by atoms with Crippen LogP contribution in [0.4, 0.5) is 5.69 Å². The van der Waals surface area contributed by atoms with E-state index in [0.29, 0.717) is 12.6 Å². The first kappa shape index (κ1) is 21.7. The van der Waals surface area contributed by atoms with E-state index < -0.39 is 0 Å². The lowest BCUT2D eigenvalue weighted by molar-refractivity contribution is 0.415. The van der Waals surface area contributed by atoms with Crippen molar-refractivity contribution in [2.24, 2.45) is 4.99 Å². The zero-order valence-corrected chi connectivity index (χ0v) is 19.4. The van der Waals surface area contributed by atoms with E-state index in [1.54, 1.807) is 7.11 Å². The maximum Gasteiger partial charge on any atom is 0.191 e. The number of hydrogen-bond acceptors (Lipinski definition) is 5. The molecule has 0 bridgehead atoms. The molecule has 0 radical (unpaired) electrons. The number of nitrogens with one attached hydrogen (secondary N) is 2. The van der Waals surface area contributed by atoms with Crippen molar-refractivity contribution in [2.45, 2.75) is 44.8 Å².